The van der Waals surface area contributed by atoms with E-state index in [4.69, 9.17) is 12.2 Å². The molecule has 0 saturated carbocycles. The molecule has 6 heteroatoms. The lowest BCUT2D eigenvalue weighted by atomic mass is 10.2. The van der Waals surface area contributed by atoms with Crippen molar-refractivity contribution in [2.24, 2.45) is 0 Å². The zero-order valence-electron chi connectivity index (χ0n) is 11.6. The van der Waals surface area contributed by atoms with E-state index in [1.165, 1.54) is 0 Å². The highest BCUT2D eigenvalue weighted by Gasteiger charge is 2.22. The molecule has 1 rings (SSSR count). The van der Waals surface area contributed by atoms with E-state index in [1.807, 2.05) is 30.2 Å². The van der Waals surface area contributed by atoms with Gasteiger partial charge < -0.3 is 4.90 Å². The predicted octanol–water partition coefficient (Wildman–Crippen LogP) is 2.32. The fourth-order valence-corrected chi connectivity index (χ4v) is 2.36. The van der Waals surface area contributed by atoms with E-state index in [1.54, 1.807) is 0 Å². The van der Waals surface area contributed by atoms with Gasteiger partial charge in [-0.3, -0.25) is 14.5 Å². The van der Waals surface area contributed by atoms with E-state index >= 15 is 0 Å². The molecule has 0 radical (unpaired) electrons. The van der Waals surface area contributed by atoms with E-state index in [2.05, 4.69) is 17.1 Å². The van der Waals surface area contributed by atoms with Crippen LogP contribution in [0.3, 0.4) is 0 Å². The van der Waals surface area contributed by atoms with E-state index in [0.717, 1.165) is 18.7 Å². The summed E-state index contributed by atoms with van der Waals surface area (Å²) >= 11 is 5.22. The molecule has 0 aliphatic heterocycles. The van der Waals surface area contributed by atoms with Gasteiger partial charge in [-0.2, -0.15) is 5.10 Å². The van der Waals surface area contributed by atoms with Crippen molar-refractivity contribution in [3.05, 3.63) is 10.6 Å². The molecular weight excluding hydrogens is 248 g/mol. The molecule has 0 saturated heterocycles. The highest BCUT2D eigenvalue weighted by Crippen LogP contribution is 2.14. The minimum Gasteiger partial charge on any atom is -0.341 e. The first-order valence-corrected chi connectivity index (χ1v) is 6.92. The van der Waals surface area contributed by atoms with Crippen LogP contribution >= 0.6 is 12.2 Å². The lowest BCUT2D eigenvalue weighted by molar-refractivity contribution is -0.134. The summed E-state index contributed by atoms with van der Waals surface area (Å²) in [4.78, 5) is 14.1. The molecule has 1 aromatic rings. The van der Waals surface area contributed by atoms with Crippen LogP contribution in [0.25, 0.3) is 0 Å². The second-order valence-corrected chi connectivity index (χ2v) is 4.64. The molecule has 1 heterocycles. The maximum atomic E-state index is 12.3. The van der Waals surface area contributed by atoms with Gasteiger partial charge in [-0.15, -0.1) is 0 Å². The second kappa shape index (κ2) is 6.68. The smallest absolute Gasteiger partial charge is 0.245 e. The molecule has 0 bridgehead atoms. The van der Waals surface area contributed by atoms with Crippen molar-refractivity contribution in [1.82, 2.24) is 19.7 Å². The maximum Gasteiger partial charge on any atom is 0.245 e. The van der Waals surface area contributed by atoms with Gasteiger partial charge in [0.25, 0.3) is 0 Å². The van der Waals surface area contributed by atoms with Crippen LogP contribution in [0.15, 0.2) is 0 Å². The summed E-state index contributed by atoms with van der Waals surface area (Å²) in [5.74, 6) is 0.949. The lowest BCUT2D eigenvalue weighted by Crippen LogP contribution is -2.36. The van der Waals surface area contributed by atoms with Crippen molar-refractivity contribution < 1.29 is 4.79 Å². The Morgan fingerprint density at radius 2 is 2.06 bits per heavy atom. The Bertz CT molecular complexity index is 447. The van der Waals surface area contributed by atoms with Gasteiger partial charge >= 0.3 is 0 Å². The summed E-state index contributed by atoms with van der Waals surface area (Å²) < 4.78 is 2.35. The topological polar surface area (TPSA) is 53.9 Å². The zero-order valence-corrected chi connectivity index (χ0v) is 12.4. The van der Waals surface area contributed by atoms with Gasteiger partial charge in [0.15, 0.2) is 4.77 Å². The van der Waals surface area contributed by atoms with E-state index < -0.39 is 0 Å². The van der Waals surface area contributed by atoms with Gasteiger partial charge in [0.2, 0.25) is 5.91 Å². The quantitative estimate of drug-likeness (QED) is 0.807. The Labute approximate surface area is 113 Å². The number of likely N-dealkylation sites (N-methyl/N-ethyl adjacent to an activating group) is 1. The third-order valence-electron chi connectivity index (χ3n) is 3.07. The number of rotatable bonds is 6. The first-order valence-electron chi connectivity index (χ1n) is 6.51. The molecule has 102 valence electrons. The summed E-state index contributed by atoms with van der Waals surface area (Å²) in [6, 6.07) is -0.294. The molecule has 0 aromatic carbocycles. The van der Waals surface area contributed by atoms with E-state index in [9.17, 15) is 4.79 Å². The zero-order chi connectivity index (χ0) is 13.7. The largest absolute Gasteiger partial charge is 0.341 e. The number of aromatic amines is 1. The van der Waals surface area contributed by atoms with Gasteiger partial charge in [-0.1, -0.05) is 6.92 Å². The van der Waals surface area contributed by atoms with Crippen LogP contribution in [-0.2, 0) is 11.2 Å². The van der Waals surface area contributed by atoms with E-state index in [0.29, 0.717) is 17.9 Å². The first-order chi connectivity index (χ1) is 8.56. The van der Waals surface area contributed by atoms with Crippen molar-refractivity contribution in [1.29, 1.82) is 0 Å². The minimum absolute atomic E-state index is 0.0925. The van der Waals surface area contributed by atoms with Crippen molar-refractivity contribution >= 4 is 18.1 Å². The highest BCUT2D eigenvalue weighted by molar-refractivity contribution is 7.71. The molecule has 1 N–H and O–H groups in total. The summed E-state index contributed by atoms with van der Waals surface area (Å²) in [5, 5.41) is 6.97. The Balaban J connectivity index is 3.02. The average Bonchev–Trinajstić information content (AvgIpc) is 2.71. The molecule has 0 fully saturated rings. The predicted molar refractivity (Wildman–Crippen MR) is 74.0 cm³/mol. The standard InChI is InChI=1S/C12H22N4OS/c1-5-8-10-13-14-12(18)16(10)9(4)11(17)15(6-2)7-3/h9H,5-8H2,1-4H3,(H,14,18). The minimum atomic E-state index is -0.294. The van der Waals surface area contributed by atoms with Crippen LogP contribution in [-0.4, -0.2) is 38.7 Å². The van der Waals surface area contributed by atoms with Crippen molar-refractivity contribution in [2.45, 2.75) is 46.6 Å². The Morgan fingerprint density at radius 3 is 2.56 bits per heavy atom. The number of amides is 1. The summed E-state index contributed by atoms with van der Waals surface area (Å²) in [7, 11) is 0. The fraction of sp³-hybridized carbons (Fsp3) is 0.750. The second-order valence-electron chi connectivity index (χ2n) is 4.25. The lowest BCUT2D eigenvalue weighted by Gasteiger charge is -2.24. The average molecular weight is 270 g/mol. The van der Waals surface area contributed by atoms with Gasteiger partial charge in [0.1, 0.15) is 11.9 Å². The number of nitrogens with zero attached hydrogens (tertiary/aromatic N) is 3. The molecule has 0 spiro atoms. The normalized spacial score (nSPS) is 12.4. The van der Waals surface area contributed by atoms with Crippen LogP contribution in [0.4, 0.5) is 0 Å². The number of carbonyl (C=O) groups is 1. The number of nitrogens with one attached hydrogen (secondary N) is 1. The van der Waals surface area contributed by atoms with Gasteiger partial charge in [-0.25, -0.2) is 0 Å². The molecule has 1 atom stereocenters. The fourth-order valence-electron chi connectivity index (χ4n) is 2.05. The number of H-pyrrole nitrogens is 1. The molecular formula is C12H22N4OS. The monoisotopic (exact) mass is 270 g/mol. The third kappa shape index (κ3) is 2.98. The van der Waals surface area contributed by atoms with Crippen molar-refractivity contribution in [3.8, 4) is 0 Å². The summed E-state index contributed by atoms with van der Waals surface area (Å²) in [6.45, 7) is 9.36. The third-order valence-corrected chi connectivity index (χ3v) is 3.36. The molecule has 1 amide bonds. The molecule has 18 heavy (non-hydrogen) atoms. The Kier molecular flexibility index (Phi) is 5.53. The van der Waals surface area contributed by atoms with Gasteiger partial charge in [-0.05, 0) is 39.4 Å². The van der Waals surface area contributed by atoms with Crippen LogP contribution in [0.2, 0.25) is 0 Å². The number of aryl methyl sites for hydroxylation is 1. The van der Waals surface area contributed by atoms with E-state index in [-0.39, 0.29) is 11.9 Å². The van der Waals surface area contributed by atoms with Crippen molar-refractivity contribution in [3.63, 3.8) is 0 Å². The number of aromatic nitrogens is 3. The molecule has 5 nitrogen and oxygen atoms in total. The summed E-state index contributed by atoms with van der Waals surface area (Å²) in [5.41, 5.74) is 0. The maximum absolute atomic E-state index is 12.3. The number of hydrogen-bond donors (Lipinski definition) is 1. The van der Waals surface area contributed by atoms with Crippen LogP contribution in [0.1, 0.15) is 46.0 Å². The van der Waals surface area contributed by atoms with Gasteiger partial charge in [0.05, 0.1) is 0 Å². The summed E-state index contributed by atoms with van der Waals surface area (Å²) in [6.07, 6.45) is 1.80. The number of hydrogen-bond acceptors (Lipinski definition) is 3. The van der Waals surface area contributed by atoms with Crippen LogP contribution in [0.5, 0.6) is 0 Å². The highest BCUT2D eigenvalue weighted by atomic mass is 32.1. The molecule has 0 aliphatic rings. The van der Waals surface area contributed by atoms with Crippen LogP contribution in [0, 0.1) is 4.77 Å². The van der Waals surface area contributed by atoms with Crippen molar-refractivity contribution in [2.75, 3.05) is 13.1 Å². The Hall–Kier alpha value is -1.17. The van der Waals surface area contributed by atoms with Crippen LogP contribution < -0.4 is 0 Å². The SMILES string of the molecule is CCCc1n[nH]c(=S)n1C(C)C(=O)N(CC)CC. The molecule has 0 aliphatic carbocycles. The Morgan fingerprint density at radius 1 is 1.44 bits per heavy atom. The number of carbonyl (C=O) groups excluding carboxylic acids is 1. The first kappa shape index (κ1) is 14.9. The van der Waals surface area contributed by atoms with Gasteiger partial charge in [0, 0.05) is 19.5 Å². The molecule has 1 aromatic heterocycles. The molecule has 1 unspecified atom stereocenters.